The number of benzene rings is 1. The van der Waals surface area contributed by atoms with Crippen molar-refractivity contribution in [3.63, 3.8) is 0 Å². The second-order valence-electron chi connectivity index (χ2n) is 4.75. The quantitative estimate of drug-likeness (QED) is 0.747. The zero-order chi connectivity index (χ0) is 15.4. The van der Waals surface area contributed by atoms with E-state index < -0.39 is 0 Å². The minimum atomic E-state index is 0.354. The Kier molecular flexibility index (Phi) is 3.95. The van der Waals surface area contributed by atoms with Crippen LogP contribution in [0.2, 0.25) is 0 Å². The van der Waals surface area contributed by atoms with Crippen molar-refractivity contribution in [1.82, 2.24) is 20.3 Å². The number of anilines is 4. The molecule has 0 saturated heterocycles. The van der Waals surface area contributed by atoms with Gasteiger partial charge in [-0.3, -0.25) is 0 Å². The molecule has 1 aromatic carbocycles. The van der Waals surface area contributed by atoms with E-state index in [-0.39, 0.29) is 0 Å². The summed E-state index contributed by atoms with van der Waals surface area (Å²) < 4.78 is 4.99. The zero-order valence-corrected chi connectivity index (χ0v) is 12.4. The van der Waals surface area contributed by atoms with Gasteiger partial charge in [0, 0.05) is 11.8 Å². The highest BCUT2D eigenvalue weighted by atomic mass is 16.5. The van der Waals surface area contributed by atoms with Gasteiger partial charge in [0.05, 0.1) is 6.20 Å². The number of para-hydroxylation sites is 1. The van der Waals surface area contributed by atoms with Crippen LogP contribution in [0.4, 0.5) is 23.3 Å². The molecule has 7 nitrogen and oxygen atoms in total. The average Bonchev–Trinajstić information content (AvgIpc) is 2.93. The first-order chi connectivity index (χ1) is 10.7. The van der Waals surface area contributed by atoms with E-state index in [2.05, 4.69) is 44.0 Å². The third kappa shape index (κ3) is 3.20. The Morgan fingerprint density at radius 2 is 2.00 bits per heavy atom. The van der Waals surface area contributed by atoms with Gasteiger partial charge in [-0.25, -0.2) is 0 Å². The first-order valence-electron chi connectivity index (χ1n) is 6.99. The molecule has 2 N–H and O–H groups in total. The van der Waals surface area contributed by atoms with E-state index >= 15 is 0 Å². The van der Waals surface area contributed by atoms with Crippen molar-refractivity contribution in [1.29, 1.82) is 0 Å². The topological polar surface area (TPSA) is 88.8 Å². The summed E-state index contributed by atoms with van der Waals surface area (Å²) in [6, 6.07) is 9.84. The first kappa shape index (κ1) is 14.0. The summed E-state index contributed by atoms with van der Waals surface area (Å²) in [6.07, 6.45) is 2.51. The molecule has 0 atom stereocenters. The minimum Gasteiger partial charge on any atom is -0.360 e. The van der Waals surface area contributed by atoms with E-state index in [1.54, 1.807) is 12.3 Å². The number of aryl methyl sites for hydroxylation is 2. The maximum atomic E-state index is 4.99. The van der Waals surface area contributed by atoms with Crippen molar-refractivity contribution < 1.29 is 4.52 Å². The van der Waals surface area contributed by atoms with Crippen molar-refractivity contribution in [3.8, 4) is 0 Å². The summed E-state index contributed by atoms with van der Waals surface area (Å²) in [5.74, 6) is 2.22. The predicted molar refractivity (Wildman–Crippen MR) is 83.5 cm³/mol. The molecule has 3 aromatic rings. The maximum Gasteiger partial charge on any atom is 0.250 e. The fourth-order valence-electron chi connectivity index (χ4n) is 2.05. The second kappa shape index (κ2) is 6.21. The molecule has 0 aliphatic rings. The lowest BCUT2D eigenvalue weighted by Crippen LogP contribution is -2.03. The average molecular weight is 296 g/mol. The molecule has 0 amide bonds. The third-order valence-corrected chi connectivity index (χ3v) is 3.09. The molecule has 0 bridgehead atoms. The number of rotatable bonds is 5. The Hall–Kier alpha value is -2.96. The molecule has 0 spiro atoms. The molecule has 0 unspecified atom stereocenters. The fourth-order valence-corrected chi connectivity index (χ4v) is 2.05. The third-order valence-electron chi connectivity index (χ3n) is 3.09. The molecular weight excluding hydrogens is 280 g/mol. The fraction of sp³-hybridized carbons (Fsp3) is 0.200. The SMILES string of the molecule is CCc1ccccc1Nc1cnnc(Nc2cc(C)on2)n1. The van der Waals surface area contributed by atoms with Crippen molar-refractivity contribution in [2.75, 3.05) is 10.6 Å². The molecule has 3 rings (SSSR count). The van der Waals surface area contributed by atoms with Crippen LogP contribution >= 0.6 is 0 Å². The number of aromatic nitrogens is 4. The van der Waals surface area contributed by atoms with Gasteiger partial charge < -0.3 is 15.2 Å². The van der Waals surface area contributed by atoms with Crippen LogP contribution in [0, 0.1) is 6.92 Å². The molecule has 0 aliphatic carbocycles. The highest BCUT2D eigenvalue weighted by Gasteiger charge is 2.06. The Morgan fingerprint density at radius 3 is 2.77 bits per heavy atom. The van der Waals surface area contributed by atoms with Crippen LogP contribution in [0.3, 0.4) is 0 Å². The largest absolute Gasteiger partial charge is 0.360 e. The molecule has 2 aromatic heterocycles. The number of hydrogen-bond donors (Lipinski definition) is 2. The molecule has 0 radical (unpaired) electrons. The van der Waals surface area contributed by atoms with Crippen LogP contribution in [0.5, 0.6) is 0 Å². The molecule has 7 heteroatoms. The number of hydrogen-bond acceptors (Lipinski definition) is 7. The van der Waals surface area contributed by atoms with Gasteiger partial charge in [0.1, 0.15) is 5.76 Å². The van der Waals surface area contributed by atoms with Crippen molar-refractivity contribution in [3.05, 3.63) is 47.9 Å². The van der Waals surface area contributed by atoms with E-state index in [1.165, 1.54) is 5.56 Å². The van der Waals surface area contributed by atoms with Crippen molar-refractivity contribution >= 4 is 23.3 Å². The Bertz CT molecular complexity index is 770. The highest BCUT2D eigenvalue weighted by molar-refractivity contribution is 5.61. The monoisotopic (exact) mass is 296 g/mol. The highest BCUT2D eigenvalue weighted by Crippen LogP contribution is 2.20. The number of nitrogens with one attached hydrogen (secondary N) is 2. The Labute approximate surface area is 127 Å². The van der Waals surface area contributed by atoms with E-state index in [0.717, 1.165) is 12.1 Å². The summed E-state index contributed by atoms with van der Waals surface area (Å²) >= 11 is 0. The lowest BCUT2D eigenvalue weighted by atomic mass is 10.1. The Balaban J connectivity index is 1.79. The van der Waals surface area contributed by atoms with Crippen LogP contribution in [0.1, 0.15) is 18.2 Å². The van der Waals surface area contributed by atoms with Gasteiger partial charge in [0.2, 0.25) is 5.95 Å². The van der Waals surface area contributed by atoms with Gasteiger partial charge in [-0.1, -0.05) is 30.3 Å². The molecule has 0 aliphatic heterocycles. The van der Waals surface area contributed by atoms with E-state index in [1.807, 2.05) is 25.1 Å². The van der Waals surface area contributed by atoms with Crippen molar-refractivity contribution in [2.45, 2.75) is 20.3 Å². The molecule has 112 valence electrons. The van der Waals surface area contributed by atoms with Gasteiger partial charge >= 0.3 is 0 Å². The molecule has 0 fully saturated rings. The normalized spacial score (nSPS) is 10.5. The van der Waals surface area contributed by atoms with Crippen LogP contribution in [-0.4, -0.2) is 20.3 Å². The smallest absolute Gasteiger partial charge is 0.250 e. The molecule has 2 heterocycles. The van der Waals surface area contributed by atoms with Gasteiger partial charge in [0.15, 0.2) is 11.6 Å². The Morgan fingerprint density at radius 1 is 1.14 bits per heavy atom. The van der Waals surface area contributed by atoms with Crippen LogP contribution < -0.4 is 10.6 Å². The summed E-state index contributed by atoms with van der Waals surface area (Å²) in [4.78, 5) is 4.37. The summed E-state index contributed by atoms with van der Waals surface area (Å²) in [7, 11) is 0. The lowest BCUT2D eigenvalue weighted by Gasteiger charge is -2.10. The molecule has 22 heavy (non-hydrogen) atoms. The minimum absolute atomic E-state index is 0.354. The second-order valence-corrected chi connectivity index (χ2v) is 4.75. The predicted octanol–water partition coefficient (Wildman–Crippen LogP) is 3.22. The summed E-state index contributed by atoms with van der Waals surface area (Å²) in [6.45, 7) is 3.93. The van der Waals surface area contributed by atoms with Crippen molar-refractivity contribution in [2.24, 2.45) is 0 Å². The van der Waals surface area contributed by atoms with Gasteiger partial charge in [-0.2, -0.15) is 10.1 Å². The maximum absolute atomic E-state index is 4.99. The number of nitrogens with zero attached hydrogens (tertiary/aromatic N) is 4. The van der Waals surface area contributed by atoms with E-state index in [0.29, 0.717) is 23.3 Å². The van der Waals surface area contributed by atoms with Gasteiger partial charge in [-0.15, -0.1) is 5.10 Å². The zero-order valence-electron chi connectivity index (χ0n) is 12.4. The van der Waals surface area contributed by atoms with Gasteiger partial charge in [-0.05, 0) is 25.0 Å². The van der Waals surface area contributed by atoms with Crippen LogP contribution in [0.25, 0.3) is 0 Å². The van der Waals surface area contributed by atoms with E-state index in [4.69, 9.17) is 4.52 Å². The molecule has 0 saturated carbocycles. The van der Waals surface area contributed by atoms with Gasteiger partial charge in [0.25, 0.3) is 0 Å². The van der Waals surface area contributed by atoms with E-state index in [9.17, 15) is 0 Å². The standard InChI is InChI=1S/C15H16N6O/c1-3-11-6-4-5-7-12(11)17-14-9-16-20-15(19-14)18-13-8-10(2)22-21-13/h4-9H,3H2,1-2H3,(H2,17,18,19,20,21). The summed E-state index contributed by atoms with van der Waals surface area (Å²) in [5, 5.41) is 17.9. The van der Waals surface area contributed by atoms with Crippen LogP contribution in [0.15, 0.2) is 41.1 Å². The van der Waals surface area contributed by atoms with Crippen LogP contribution in [-0.2, 0) is 6.42 Å². The molecular formula is C15H16N6O. The first-order valence-corrected chi connectivity index (χ1v) is 6.99. The lowest BCUT2D eigenvalue weighted by molar-refractivity contribution is 0.400. The summed E-state index contributed by atoms with van der Waals surface area (Å²) in [5.41, 5.74) is 2.22.